The van der Waals surface area contributed by atoms with E-state index in [2.05, 4.69) is 78.9 Å². The average Bonchev–Trinajstić information content (AvgIpc) is 3.39. The number of benzene rings is 4. The van der Waals surface area contributed by atoms with E-state index in [0.29, 0.717) is 0 Å². The lowest BCUT2D eigenvalue weighted by molar-refractivity contribution is -0.0399. The minimum atomic E-state index is 0.181. The molecule has 4 saturated carbocycles. The van der Waals surface area contributed by atoms with Crippen molar-refractivity contribution >= 4 is 43.1 Å². The van der Waals surface area contributed by atoms with Gasteiger partial charge in [0, 0.05) is 30.6 Å². The van der Waals surface area contributed by atoms with Gasteiger partial charge < -0.3 is 0 Å². The third kappa shape index (κ3) is 2.51. The van der Waals surface area contributed by atoms with Crippen molar-refractivity contribution in [3.63, 3.8) is 0 Å². The highest BCUT2D eigenvalue weighted by Crippen LogP contribution is 2.69. The Labute approximate surface area is 220 Å². The van der Waals surface area contributed by atoms with Crippen molar-refractivity contribution in [2.45, 2.75) is 37.5 Å². The molecule has 36 heavy (non-hydrogen) atoms. The van der Waals surface area contributed by atoms with E-state index in [-0.39, 0.29) is 5.41 Å². The summed E-state index contributed by atoms with van der Waals surface area (Å²) in [6.45, 7) is 0. The van der Waals surface area contributed by atoms with Crippen molar-refractivity contribution in [3.8, 4) is 22.3 Å². The van der Waals surface area contributed by atoms with Crippen LogP contribution in [-0.2, 0) is 5.41 Å². The molecule has 0 saturated heterocycles. The molecule has 5 aliphatic carbocycles. The molecule has 0 unspecified atom stereocenters. The first-order valence-corrected chi connectivity index (χ1v) is 14.7. The molecule has 0 radical (unpaired) electrons. The van der Waals surface area contributed by atoms with Crippen LogP contribution in [0.3, 0.4) is 0 Å². The standard InChI is InChI=1S/C34H27ClS/c35-25-7-10-30-29(18-25)26-8-5-21(22-6-9-28-27-3-1-2-4-32(27)36-33(28)17-22)16-31(26)34(30)23-12-19-11-20(14-23)15-24(34)13-19/h1-10,16-20,23-24H,11-15H2. The SMILES string of the molecule is Clc1ccc2c(c1)-c1ccc(-c3ccc4c(c3)sc3ccccc34)cc1C21C2CC3CC(C2)CC1C3. The van der Waals surface area contributed by atoms with Crippen LogP contribution in [0, 0.1) is 23.7 Å². The van der Waals surface area contributed by atoms with E-state index in [1.54, 1.807) is 11.1 Å². The molecular weight excluding hydrogens is 476 g/mol. The summed E-state index contributed by atoms with van der Waals surface area (Å²) in [5.74, 6) is 3.46. The van der Waals surface area contributed by atoms with E-state index < -0.39 is 0 Å². The molecule has 4 bridgehead atoms. The van der Waals surface area contributed by atoms with Gasteiger partial charge >= 0.3 is 0 Å². The summed E-state index contributed by atoms with van der Waals surface area (Å²) in [5, 5.41) is 3.61. The van der Waals surface area contributed by atoms with Crippen LogP contribution < -0.4 is 0 Å². The molecule has 1 spiro atoms. The summed E-state index contributed by atoms with van der Waals surface area (Å²) < 4.78 is 2.76. The van der Waals surface area contributed by atoms with E-state index in [4.69, 9.17) is 11.6 Å². The third-order valence-corrected chi connectivity index (χ3v) is 11.7. The predicted molar refractivity (Wildman–Crippen MR) is 153 cm³/mol. The van der Waals surface area contributed by atoms with Gasteiger partial charge in [-0.25, -0.2) is 0 Å². The van der Waals surface area contributed by atoms with E-state index in [1.165, 1.54) is 74.5 Å². The lowest BCUT2D eigenvalue weighted by Gasteiger charge is -2.61. The molecule has 4 aromatic carbocycles. The van der Waals surface area contributed by atoms with Crippen LogP contribution in [0.1, 0.15) is 43.2 Å². The Morgan fingerprint density at radius 1 is 0.611 bits per heavy atom. The fourth-order valence-electron chi connectivity index (χ4n) is 9.26. The minimum absolute atomic E-state index is 0.181. The number of hydrogen-bond acceptors (Lipinski definition) is 1. The fourth-order valence-corrected chi connectivity index (χ4v) is 10.6. The van der Waals surface area contributed by atoms with Crippen LogP contribution in [0.4, 0.5) is 0 Å². The largest absolute Gasteiger partial charge is 0.135 e. The second-order valence-corrected chi connectivity index (χ2v) is 13.5. The smallest absolute Gasteiger partial charge is 0.0412 e. The molecule has 0 N–H and O–H groups in total. The molecule has 1 heterocycles. The molecule has 0 nitrogen and oxygen atoms in total. The fraction of sp³-hybridized carbons (Fsp3) is 0.294. The summed E-state index contributed by atoms with van der Waals surface area (Å²) in [7, 11) is 0. The lowest BCUT2D eigenvalue weighted by Crippen LogP contribution is -2.55. The molecule has 5 aliphatic rings. The number of halogens is 1. The number of hydrogen-bond donors (Lipinski definition) is 0. The van der Waals surface area contributed by atoms with Crippen molar-refractivity contribution in [2.75, 3.05) is 0 Å². The molecule has 1 aromatic heterocycles. The van der Waals surface area contributed by atoms with Gasteiger partial charge in [0.25, 0.3) is 0 Å². The molecule has 176 valence electrons. The maximum absolute atomic E-state index is 6.59. The predicted octanol–water partition coefficient (Wildman–Crippen LogP) is 10.1. The van der Waals surface area contributed by atoms with Gasteiger partial charge in [-0.2, -0.15) is 0 Å². The first kappa shape index (κ1) is 20.4. The van der Waals surface area contributed by atoms with Gasteiger partial charge in [0.1, 0.15) is 0 Å². The Hall–Kier alpha value is -2.61. The van der Waals surface area contributed by atoms with Crippen molar-refractivity contribution < 1.29 is 0 Å². The van der Waals surface area contributed by atoms with E-state index in [0.717, 1.165) is 28.7 Å². The van der Waals surface area contributed by atoms with Gasteiger partial charge in [-0.3, -0.25) is 0 Å². The van der Waals surface area contributed by atoms with E-state index in [1.807, 2.05) is 11.3 Å². The number of rotatable bonds is 1. The maximum atomic E-state index is 6.59. The van der Waals surface area contributed by atoms with Gasteiger partial charge in [-0.15, -0.1) is 11.3 Å². The van der Waals surface area contributed by atoms with Gasteiger partial charge in [0.05, 0.1) is 0 Å². The van der Waals surface area contributed by atoms with Crippen LogP contribution in [0.2, 0.25) is 5.02 Å². The van der Waals surface area contributed by atoms with Gasteiger partial charge in [0.2, 0.25) is 0 Å². The van der Waals surface area contributed by atoms with Crippen LogP contribution in [0.5, 0.6) is 0 Å². The maximum Gasteiger partial charge on any atom is 0.0412 e. The second-order valence-electron chi connectivity index (χ2n) is 11.9. The first-order chi connectivity index (χ1) is 17.7. The zero-order chi connectivity index (χ0) is 23.6. The average molecular weight is 503 g/mol. The van der Waals surface area contributed by atoms with Crippen LogP contribution in [0.15, 0.2) is 78.9 Å². The van der Waals surface area contributed by atoms with Crippen LogP contribution in [0.25, 0.3) is 42.4 Å². The third-order valence-electron chi connectivity index (χ3n) is 10.3. The molecule has 4 fully saturated rings. The molecule has 10 rings (SSSR count). The van der Waals surface area contributed by atoms with E-state index >= 15 is 0 Å². The quantitative estimate of drug-likeness (QED) is 0.214. The normalized spacial score (nSPS) is 29.4. The van der Waals surface area contributed by atoms with Crippen molar-refractivity contribution in [1.82, 2.24) is 0 Å². The summed E-state index contributed by atoms with van der Waals surface area (Å²) in [6, 6.07) is 30.0. The molecule has 5 aromatic rings. The Bertz CT molecular complexity index is 1690. The Morgan fingerprint density at radius 3 is 2.17 bits per heavy atom. The van der Waals surface area contributed by atoms with Gasteiger partial charge in [-0.1, -0.05) is 60.1 Å². The van der Waals surface area contributed by atoms with Crippen LogP contribution >= 0.6 is 22.9 Å². The minimum Gasteiger partial charge on any atom is -0.135 e. The van der Waals surface area contributed by atoms with Crippen molar-refractivity contribution in [3.05, 3.63) is 95.0 Å². The number of thiophene rings is 1. The highest BCUT2D eigenvalue weighted by atomic mass is 35.5. The Kier molecular flexibility index (Phi) is 3.99. The first-order valence-electron chi connectivity index (χ1n) is 13.5. The highest BCUT2D eigenvalue weighted by Gasteiger charge is 2.61. The topological polar surface area (TPSA) is 0 Å². The van der Waals surface area contributed by atoms with E-state index in [9.17, 15) is 0 Å². The van der Waals surface area contributed by atoms with Crippen molar-refractivity contribution in [2.24, 2.45) is 23.7 Å². The van der Waals surface area contributed by atoms with Gasteiger partial charge in [0.15, 0.2) is 0 Å². The highest BCUT2D eigenvalue weighted by molar-refractivity contribution is 7.25. The van der Waals surface area contributed by atoms with Gasteiger partial charge in [-0.05, 0) is 119 Å². The summed E-state index contributed by atoms with van der Waals surface area (Å²) >= 11 is 8.50. The molecule has 0 amide bonds. The summed E-state index contributed by atoms with van der Waals surface area (Å²) in [4.78, 5) is 0. The number of fused-ring (bicyclic) bond motifs is 6. The second kappa shape index (κ2) is 7.03. The molecular formula is C34H27ClS. The van der Waals surface area contributed by atoms with Crippen LogP contribution in [-0.4, -0.2) is 0 Å². The van der Waals surface area contributed by atoms with Crippen molar-refractivity contribution in [1.29, 1.82) is 0 Å². The lowest BCUT2D eigenvalue weighted by atomic mass is 9.43. The zero-order valence-corrected chi connectivity index (χ0v) is 21.7. The summed E-state index contributed by atoms with van der Waals surface area (Å²) in [6.07, 6.45) is 7.12. The zero-order valence-electron chi connectivity index (χ0n) is 20.1. The Balaban J connectivity index is 1.26. The molecule has 0 aliphatic heterocycles. The Morgan fingerprint density at radius 2 is 1.33 bits per heavy atom. The monoisotopic (exact) mass is 502 g/mol. The summed E-state index contributed by atoms with van der Waals surface area (Å²) in [5.41, 5.74) is 8.89. The molecule has 2 heteroatoms. The molecule has 0 atom stereocenters.